The number of nitrogens with one attached hydrogen (secondary N) is 1. The highest BCUT2D eigenvalue weighted by molar-refractivity contribution is 5.84. The lowest BCUT2D eigenvalue weighted by Crippen LogP contribution is -2.33. The van der Waals surface area contributed by atoms with Gasteiger partial charge in [0.05, 0.1) is 0 Å². The maximum atomic E-state index is 11.4. The Morgan fingerprint density at radius 1 is 1.29 bits per heavy atom. The Morgan fingerprint density at radius 3 is 2.35 bits per heavy atom. The van der Waals surface area contributed by atoms with Crippen molar-refractivity contribution in [2.75, 3.05) is 0 Å². The van der Waals surface area contributed by atoms with E-state index in [4.69, 9.17) is 5.11 Å². The predicted molar refractivity (Wildman–Crippen MR) is 64.6 cm³/mol. The van der Waals surface area contributed by atoms with Crippen LogP contribution in [0.25, 0.3) is 0 Å². The van der Waals surface area contributed by atoms with Crippen LogP contribution in [0.1, 0.15) is 36.9 Å². The topological polar surface area (TPSA) is 66.4 Å². The Morgan fingerprint density at radius 2 is 1.88 bits per heavy atom. The fraction of sp³-hybridized carbons (Fsp3) is 0.385. The monoisotopic (exact) mass is 235 g/mol. The molecule has 0 saturated heterocycles. The molecule has 1 unspecified atom stereocenters. The molecule has 0 aromatic heterocycles. The normalized spacial score (nSPS) is 11.9. The summed E-state index contributed by atoms with van der Waals surface area (Å²) in [5, 5.41) is 11.6. The molecule has 1 atom stereocenters. The van der Waals surface area contributed by atoms with Crippen molar-refractivity contribution in [2.24, 2.45) is 0 Å². The molecule has 1 rings (SSSR count). The van der Waals surface area contributed by atoms with E-state index in [0.717, 1.165) is 5.56 Å². The van der Waals surface area contributed by atoms with Crippen molar-refractivity contribution in [2.45, 2.75) is 32.7 Å². The number of aryl methyl sites for hydroxylation is 1. The zero-order chi connectivity index (χ0) is 12.8. The van der Waals surface area contributed by atoms with Gasteiger partial charge in [-0.1, -0.05) is 36.8 Å². The Kier molecular flexibility index (Phi) is 4.69. The van der Waals surface area contributed by atoms with Crippen molar-refractivity contribution in [3.8, 4) is 0 Å². The summed E-state index contributed by atoms with van der Waals surface area (Å²) in [6, 6.07) is 6.14. The number of aliphatic carboxylic acids is 1. The Bertz CT molecular complexity index is 398. The number of hydrogen-bond donors (Lipinski definition) is 2. The highest BCUT2D eigenvalue weighted by Gasteiger charge is 2.21. The highest BCUT2D eigenvalue weighted by atomic mass is 16.4. The number of benzene rings is 1. The minimum atomic E-state index is -1.04. The summed E-state index contributed by atoms with van der Waals surface area (Å²) in [6.45, 7) is 3.80. The predicted octanol–water partition coefficient (Wildman–Crippen LogP) is 2.04. The van der Waals surface area contributed by atoms with E-state index in [9.17, 15) is 9.59 Å². The molecule has 0 aliphatic rings. The number of rotatable bonds is 5. The van der Waals surface area contributed by atoms with Gasteiger partial charge in [-0.3, -0.25) is 4.79 Å². The minimum Gasteiger partial charge on any atom is -0.479 e. The van der Waals surface area contributed by atoms with Gasteiger partial charge in [-0.25, -0.2) is 4.79 Å². The average Bonchev–Trinajstić information content (AvgIpc) is 2.27. The fourth-order valence-corrected chi connectivity index (χ4v) is 1.51. The second kappa shape index (κ2) is 6.03. The van der Waals surface area contributed by atoms with E-state index in [1.807, 2.05) is 26.0 Å². The third kappa shape index (κ3) is 3.90. The third-order valence-electron chi connectivity index (χ3n) is 2.44. The van der Waals surface area contributed by atoms with Crippen LogP contribution >= 0.6 is 0 Å². The van der Waals surface area contributed by atoms with Gasteiger partial charge < -0.3 is 10.4 Å². The number of carboxylic acids is 1. The summed E-state index contributed by atoms with van der Waals surface area (Å²) in [5.41, 5.74) is 1.64. The number of carbonyl (C=O) groups is 2. The molecule has 0 bridgehead atoms. The molecule has 17 heavy (non-hydrogen) atoms. The summed E-state index contributed by atoms with van der Waals surface area (Å²) in [6.07, 6.45) is 1.04. The van der Waals surface area contributed by atoms with Gasteiger partial charge in [-0.2, -0.15) is 0 Å². The van der Waals surface area contributed by atoms with Crippen LogP contribution in [-0.4, -0.2) is 17.0 Å². The molecular weight excluding hydrogens is 218 g/mol. The number of amides is 1. The van der Waals surface area contributed by atoms with Crippen LogP contribution in [0.4, 0.5) is 0 Å². The van der Waals surface area contributed by atoms with Crippen molar-refractivity contribution in [1.29, 1.82) is 0 Å². The molecule has 2 N–H and O–H groups in total. The molecule has 1 aromatic rings. The van der Waals surface area contributed by atoms with Gasteiger partial charge in [-0.15, -0.1) is 0 Å². The van der Waals surface area contributed by atoms with Gasteiger partial charge in [0, 0.05) is 6.42 Å². The second-order valence-corrected chi connectivity index (χ2v) is 4.00. The molecule has 0 fully saturated rings. The van der Waals surface area contributed by atoms with Crippen LogP contribution < -0.4 is 5.32 Å². The zero-order valence-corrected chi connectivity index (χ0v) is 10.1. The van der Waals surface area contributed by atoms with Crippen LogP contribution in [0, 0.1) is 6.92 Å². The lowest BCUT2D eigenvalue weighted by atomic mass is 10.1. The Labute approximate surface area is 101 Å². The third-order valence-corrected chi connectivity index (χ3v) is 2.44. The molecule has 0 heterocycles. The van der Waals surface area contributed by atoms with E-state index in [1.54, 1.807) is 12.1 Å². The molecular formula is C13H17NO3. The molecule has 92 valence electrons. The zero-order valence-electron chi connectivity index (χ0n) is 10.1. The average molecular weight is 235 g/mol. The maximum Gasteiger partial charge on any atom is 0.330 e. The molecule has 4 nitrogen and oxygen atoms in total. The van der Waals surface area contributed by atoms with Crippen LogP contribution in [0.15, 0.2) is 24.3 Å². The summed E-state index contributed by atoms with van der Waals surface area (Å²) in [5.74, 6) is -1.28. The van der Waals surface area contributed by atoms with Crippen molar-refractivity contribution < 1.29 is 14.7 Å². The summed E-state index contributed by atoms with van der Waals surface area (Å²) >= 11 is 0. The molecule has 0 spiro atoms. The lowest BCUT2D eigenvalue weighted by Gasteiger charge is -2.14. The first kappa shape index (κ1) is 13.2. The minimum absolute atomic E-state index is 0.236. The number of carboxylic acid groups (broad SMARTS) is 1. The van der Waals surface area contributed by atoms with Crippen molar-refractivity contribution in [1.82, 2.24) is 5.32 Å². The second-order valence-electron chi connectivity index (χ2n) is 4.00. The van der Waals surface area contributed by atoms with Gasteiger partial charge in [0.15, 0.2) is 6.04 Å². The van der Waals surface area contributed by atoms with E-state index >= 15 is 0 Å². The first-order valence-corrected chi connectivity index (χ1v) is 5.63. The number of hydrogen-bond acceptors (Lipinski definition) is 2. The molecule has 0 aliphatic heterocycles. The first-order chi connectivity index (χ1) is 8.04. The van der Waals surface area contributed by atoms with Crippen LogP contribution in [0.5, 0.6) is 0 Å². The summed E-state index contributed by atoms with van der Waals surface area (Å²) < 4.78 is 0. The maximum absolute atomic E-state index is 11.4. The highest BCUT2D eigenvalue weighted by Crippen LogP contribution is 2.14. The SMILES string of the molecule is CCCC(=O)NC(C(=O)O)c1ccc(C)cc1. The standard InChI is InChI=1S/C13H17NO3/c1-3-4-11(15)14-12(13(16)17)10-7-5-9(2)6-8-10/h5-8,12H,3-4H2,1-2H3,(H,14,15)(H,16,17). The van der Waals surface area contributed by atoms with Gasteiger partial charge in [0.25, 0.3) is 0 Å². The molecule has 0 aliphatic carbocycles. The fourth-order valence-electron chi connectivity index (χ4n) is 1.51. The molecule has 1 amide bonds. The Hall–Kier alpha value is -1.84. The van der Waals surface area contributed by atoms with Crippen molar-refractivity contribution in [3.05, 3.63) is 35.4 Å². The van der Waals surface area contributed by atoms with E-state index in [0.29, 0.717) is 18.4 Å². The Balaban J connectivity index is 2.82. The quantitative estimate of drug-likeness (QED) is 0.820. The van der Waals surface area contributed by atoms with Gasteiger partial charge >= 0.3 is 5.97 Å². The molecule has 0 saturated carbocycles. The smallest absolute Gasteiger partial charge is 0.330 e. The molecule has 1 aromatic carbocycles. The van der Waals surface area contributed by atoms with Crippen LogP contribution in [0.3, 0.4) is 0 Å². The summed E-state index contributed by atoms with van der Waals surface area (Å²) in [7, 11) is 0. The first-order valence-electron chi connectivity index (χ1n) is 5.63. The molecule has 0 radical (unpaired) electrons. The van der Waals surface area contributed by atoms with Crippen LogP contribution in [-0.2, 0) is 9.59 Å². The van der Waals surface area contributed by atoms with Gasteiger partial charge in [-0.05, 0) is 18.9 Å². The van der Waals surface area contributed by atoms with E-state index in [2.05, 4.69) is 5.32 Å². The summed E-state index contributed by atoms with van der Waals surface area (Å²) in [4.78, 5) is 22.5. The van der Waals surface area contributed by atoms with E-state index in [1.165, 1.54) is 0 Å². The van der Waals surface area contributed by atoms with Gasteiger partial charge in [0.1, 0.15) is 0 Å². The van der Waals surface area contributed by atoms with E-state index in [-0.39, 0.29) is 5.91 Å². The van der Waals surface area contributed by atoms with Gasteiger partial charge in [0.2, 0.25) is 5.91 Å². The largest absolute Gasteiger partial charge is 0.479 e. The van der Waals surface area contributed by atoms with Crippen molar-refractivity contribution in [3.63, 3.8) is 0 Å². The van der Waals surface area contributed by atoms with E-state index < -0.39 is 12.0 Å². The lowest BCUT2D eigenvalue weighted by molar-refractivity contribution is -0.142. The molecule has 4 heteroatoms. The van der Waals surface area contributed by atoms with Crippen molar-refractivity contribution >= 4 is 11.9 Å². The number of carbonyl (C=O) groups excluding carboxylic acids is 1. The van der Waals surface area contributed by atoms with Crippen LogP contribution in [0.2, 0.25) is 0 Å².